The third-order valence-electron chi connectivity index (χ3n) is 1.79. The van der Waals surface area contributed by atoms with Crippen molar-refractivity contribution in [2.75, 3.05) is 31.3 Å². The highest BCUT2D eigenvalue weighted by atomic mass is 32.2. The lowest BCUT2D eigenvalue weighted by atomic mass is 10.6. The van der Waals surface area contributed by atoms with Gasteiger partial charge in [0.25, 0.3) is 5.19 Å². The molecule has 1 aromatic heterocycles. The molecule has 8 heteroatoms. The molecule has 0 aliphatic rings. The maximum atomic E-state index is 10.8. The lowest BCUT2D eigenvalue weighted by Gasteiger charge is -2.15. The smallest absolute Gasteiger partial charge is 0.324 e. The van der Waals surface area contributed by atoms with E-state index in [1.807, 2.05) is 11.9 Å². The molecule has 6 nitrogen and oxygen atoms in total. The number of urea groups is 1. The molecule has 3 N–H and O–H groups in total. The van der Waals surface area contributed by atoms with Crippen LogP contribution in [-0.2, 0) is 0 Å². The van der Waals surface area contributed by atoms with E-state index in [4.69, 9.17) is 5.11 Å². The highest BCUT2D eigenvalue weighted by Crippen LogP contribution is 2.21. The summed E-state index contributed by atoms with van der Waals surface area (Å²) in [5, 5.41) is 13.4. The molecule has 0 aliphatic heterocycles. The molecule has 0 spiro atoms. The molecule has 1 heterocycles. The Morgan fingerprint density at radius 3 is 3.06 bits per heavy atom. The molecule has 0 saturated heterocycles. The highest BCUT2D eigenvalue weighted by molar-refractivity contribution is 7.97. The number of aromatic hydroxyl groups is 1. The van der Waals surface area contributed by atoms with Crippen LogP contribution in [0.25, 0.3) is 0 Å². The summed E-state index contributed by atoms with van der Waals surface area (Å²) >= 11 is 2.52. The van der Waals surface area contributed by atoms with Crippen LogP contribution >= 0.6 is 23.3 Å². The van der Waals surface area contributed by atoms with Crippen LogP contribution in [0, 0.1) is 0 Å². The molecule has 0 unspecified atom stereocenters. The van der Waals surface area contributed by atoms with Crippen molar-refractivity contribution in [2.24, 2.45) is 0 Å². The average molecular weight is 262 g/mol. The number of amides is 2. The largest absolute Gasteiger partial charge is 0.486 e. The van der Waals surface area contributed by atoms with Gasteiger partial charge in [-0.2, -0.15) is 4.98 Å². The molecule has 16 heavy (non-hydrogen) atoms. The molecule has 1 aromatic rings. The van der Waals surface area contributed by atoms with Gasteiger partial charge in [-0.15, -0.1) is 0 Å². The molecule has 0 radical (unpaired) electrons. The Balaban J connectivity index is 2.20. The first-order valence-corrected chi connectivity index (χ1v) is 6.45. The van der Waals surface area contributed by atoms with Gasteiger partial charge in [0.1, 0.15) is 5.82 Å². The van der Waals surface area contributed by atoms with E-state index in [1.165, 1.54) is 23.3 Å². The number of rotatable bonds is 5. The lowest BCUT2D eigenvalue weighted by Crippen LogP contribution is -2.29. The van der Waals surface area contributed by atoms with Gasteiger partial charge in [-0.3, -0.25) is 4.72 Å². The molecular formula is C8H14N4O2S2. The van der Waals surface area contributed by atoms with Crippen molar-refractivity contribution in [3.05, 3.63) is 5.38 Å². The van der Waals surface area contributed by atoms with Gasteiger partial charge in [0.15, 0.2) is 0 Å². The maximum absolute atomic E-state index is 10.8. The van der Waals surface area contributed by atoms with E-state index in [0.717, 1.165) is 18.1 Å². The fourth-order valence-corrected chi connectivity index (χ4v) is 2.19. The van der Waals surface area contributed by atoms with Crippen molar-refractivity contribution in [1.82, 2.24) is 15.0 Å². The highest BCUT2D eigenvalue weighted by Gasteiger charge is 2.05. The standard InChI is InChI=1S/C8H14N4O2S2/c1-9-7(13)11-16-4-3-12(2)6-5-15-8(14)10-6/h5H,3-4H2,1-2H3,(H,10,14)(H2,9,11,13). The van der Waals surface area contributed by atoms with Gasteiger partial charge in [0, 0.05) is 31.8 Å². The number of nitrogens with zero attached hydrogens (tertiary/aromatic N) is 2. The molecule has 1 rings (SSSR count). The second-order valence-electron chi connectivity index (χ2n) is 2.94. The summed E-state index contributed by atoms with van der Waals surface area (Å²) in [6, 6.07) is -0.209. The van der Waals surface area contributed by atoms with Crippen LogP contribution in [0.1, 0.15) is 0 Å². The fourth-order valence-electron chi connectivity index (χ4n) is 0.896. The van der Waals surface area contributed by atoms with Crippen molar-refractivity contribution in [3.63, 3.8) is 0 Å². The third-order valence-corrected chi connectivity index (χ3v) is 3.14. The van der Waals surface area contributed by atoms with Crippen LogP contribution in [0.3, 0.4) is 0 Å². The normalized spacial score (nSPS) is 9.88. The van der Waals surface area contributed by atoms with Gasteiger partial charge in [-0.05, 0) is 11.9 Å². The van der Waals surface area contributed by atoms with E-state index >= 15 is 0 Å². The van der Waals surface area contributed by atoms with Crippen LogP contribution in [-0.4, -0.2) is 42.5 Å². The van der Waals surface area contributed by atoms with E-state index in [2.05, 4.69) is 15.0 Å². The SMILES string of the molecule is CNC(=O)NSCCN(C)c1csc(O)n1. The van der Waals surface area contributed by atoms with Crippen LogP contribution < -0.4 is 14.9 Å². The first-order chi connectivity index (χ1) is 7.63. The summed E-state index contributed by atoms with van der Waals surface area (Å²) in [7, 11) is 3.45. The van der Waals surface area contributed by atoms with Crippen LogP contribution in [0.5, 0.6) is 5.19 Å². The van der Waals surface area contributed by atoms with E-state index in [0.29, 0.717) is 0 Å². The maximum Gasteiger partial charge on any atom is 0.324 e. The molecule has 0 aliphatic carbocycles. The minimum Gasteiger partial charge on any atom is -0.486 e. The van der Waals surface area contributed by atoms with Gasteiger partial charge < -0.3 is 15.3 Å². The number of carbonyl (C=O) groups is 1. The van der Waals surface area contributed by atoms with Crippen LogP contribution in [0.15, 0.2) is 5.38 Å². The van der Waals surface area contributed by atoms with Crippen molar-refractivity contribution >= 4 is 35.1 Å². The van der Waals surface area contributed by atoms with Gasteiger partial charge in [0.2, 0.25) is 0 Å². The molecule has 90 valence electrons. The molecular weight excluding hydrogens is 248 g/mol. The molecule has 0 aromatic carbocycles. The summed E-state index contributed by atoms with van der Waals surface area (Å²) in [4.78, 5) is 16.7. The number of carbonyl (C=O) groups excluding carboxylic acids is 1. The second-order valence-corrected chi connectivity index (χ2v) is 4.68. The van der Waals surface area contributed by atoms with Crippen molar-refractivity contribution in [3.8, 4) is 5.19 Å². The molecule has 0 atom stereocenters. The predicted octanol–water partition coefficient (Wildman–Crippen LogP) is 0.862. The number of hydrogen-bond acceptors (Lipinski definition) is 6. The predicted molar refractivity (Wildman–Crippen MR) is 67.1 cm³/mol. The Morgan fingerprint density at radius 1 is 1.75 bits per heavy atom. The first kappa shape index (κ1) is 12.9. The number of hydrogen-bond donors (Lipinski definition) is 3. The fraction of sp³-hybridized carbons (Fsp3) is 0.500. The number of nitrogens with one attached hydrogen (secondary N) is 2. The summed E-state index contributed by atoms with van der Waals surface area (Å²) in [5.74, 6) is 1.48. The third kappa shape index (κ3) is 4.15. The number of thiazole rings is 1. The molecule has 0 saturated carbocycles. The Labute approximate surface area is 102 Å². The van der Waals surface area contributed by atoms with E-state index < -0.39 is 0 Å². The zero-order chi connectivity index (χ0) is 12.0. The Morgan fingerprint density at radius 2 is 2.50 bits per heavy atom. The zero-order valence-electron chi connectivity index (χ0n) is 9.06. The Bertz CT molecular complexity index is 345. The van der Waals surface area contributed by atoms with E-state index in [1.54, 1.807) is 12.4 Å². The minimum atomic E-state index is -0.209. The van der Waals surface area contributed by atoms with Crippen LogP contribution in [0.2, 0.25) is 0 Å². The second kappa shape index (κ2) is 6.44. The monoisotopic (exact) mass is 262 g/mol. The van der Waals surface area contributed by atoms with Crippen molar-refractivity contribution in [1.29, 1.82) is 0 Å². The van der Waals surface area contributed by atoms with Gasteiger partial charge >= 0.3 is 6.03 Å². The summed E-state index contributed by atoms with van der Waals surface area (Å²) in [6.07, 6.45) is 0. The molecule has 0 bridgehead atoms. The average Bonchev–Trinajstić information content (AvgIpc) is 2.70. The van der Waals surface area contributed by atoms with Crippen LogP contribution in [0.4, 0.5) is 10.6 Å². The first-order valence-electron chi connectivity index (χ1n) is 4.58. The minimum absolute atomic E-state index is 0.0676. The quantitative estimate of drug-likeness (QED) is 0.542. The molecule has 0 fully saturated rings. The summed E-state index contributed by atoms with van der Waals surface area (Å²) in [5.41, 5.74) is 0. The molecule has 2 amide bonds. The van der Waals surface area contributed by atoms with Gasteiger partial charge in [-0.1, -0.05) is 11.3 Å². The Kier molecular flexibility index (Phi) is 5.20. The summed E-state index contributed by atoms with van der Waals surface area (Å²) in [6.45, 7) is 0.734. The van der Waals surface area contributed by atoms with Crippen molar-refractivity contribution in [2.45, 2.75) is 0 Å². The van der Waals surface area contributed by atoms with Gasteiger partial charge in [-0.25, -0.2) is 4.79 Å². The lowest BCUT2D eigenvalue weighted by molar-refractivity contribution is 0.248. The van der Waals surface area contributed by atoms with E-state index in [9.17, 15) is 4.79 Å². The zero-order valence-corrected chi connectivity index (χ0v) is 10.7. The summed E-state index contributed by atoms with van der Waals surface area (Å²) < 4.78 is 2.62. The number of anilines is 1. The number of aromatic nitrogens is 1. The van der Waals surface area contributed by atoms with E-state index in [-0.39, 0.29) is 11.2 Å². The van der Waals surface area contributed by atoms with Gasteiger partial charge in [0.05, 0.1) is 0 Å². The van der Waals surface area contributed by atoms with Crippen molar-refractivity contribution < 1.29 is 9.90 Å². The topological polar surface area (TPSA) is 77.5 Å². The Hall–Kier alpha value is -1.15.